The Morgan fingerprint density at radius 3 is 1.17 bits per heavy atom. The minimum absolute atomic E-state index is 0.0781. The van der Waals surface area contributed by atoms with Crippen molar-refractivity contribution in [2.24, 2.45) is 10.8 Å². The quantitative estimate of drug-likeness (QED) is 0.297. The van der Waals surface area contributed by atoms with Crippen molar-refractivity contribution in [3.63, 3.8) is 0 Å². The molecule has 0 spiro atoms. The van der Waals surface area contributed by atoms with Gasteiger partial charge in [0.05, 0.1) is 0 Å². The van der Waals surface area contributed by atoms with E-state index in [9.17, 15) is 0 Å². The standard InChI is InChI=1S/C14H30Br2P2/c1-13(2,3)11-17(15)9-7-8-10-18(16)12-14(4,5)6/h7-12H2,1-6H3. The van der Waals surface area contributed by atoms with Crippen LogP contribution in [0.25, 0.3) is 0 Å². The third-order valence-electron chi connectivity index (χ3n) is 2.34. The van der Waals surface area contributed by atoms with Crippen LogP contribution in [-0.4, -0.2) is 24.6 Å². The number of unbranched alkanes of at least 4 members (excludes halogenated alkanes) is 1. The Morgan fingerprint density at radius 1 is 0.667 bits per heavy atom. The Kier molecular flexibility index (Phi) is 9.87. The second-order valence-electron chi connectivity index (χ2n) is 7.52. The van der Waals surface area contributed by atoms with Crippen LogP contribution in [0.3, 0.4) is 0 Å². The molecule has 0 aliphatic rings. The molecule has 4 heteroatoms. The summed E-state index contributed by atoms with van der Waals surface area (Å²) in [6.07, 6.45) is 8.24. The molecule has 0 nitrogen and oxygen atoms in total. The molecule has 2 unspecified atom stereocenters. The zero-order chi connectivity index (χ0) is 14.4. The van der Waals surface area contributed by atoms with Gasteiger partial charge < -0.3 is 0 Å². The average molecular weight is 420 g/mol. The lowest BCUT2D eigenvalue weighted by atomic mass is 10.0. The van der Waals surface area contributed by atoms with Gasteiger partial charge >= 0.3 is 0 Å². The lowest BCUT2D eigenvalue weighted by molar-refractivity contribution is 0.477. The average Bonchev–Trinajstić information content (AvgIpc) is 2.06. The van der Waals surface area contributed by atoms with E-state index in [1.807, 2.05) is 0 Å². The largest absolute Gasteiger partial charge is 0.0605 e. The maximum Gasteiger partial charge on any atom is -0.0178 e. The molecular formula is C14H30Br2P2. The van der Waals surface area contributed by atoms with Crippen LogP contribution in [0.4, 0.5) is 0 Å². The minimum atomic E-state index is 0.0781. The summed E-state index contributed by atoms with van der Waals surface area (Å²) in [7, 11) is 0. The third kappa shape index (κ3) is 14.2. The van der Waals surface area contributed by atoms with Crippen LogP contribution in [0.15, 0.2) is 0 Å². The van der Waals surface area contributed by atoms with Crippen molar-refractivity contribution in [2.45, 2.75) is 54.4 Å². The van der Waals surface area contributed by atoms with Crippen LogP contribution in [0.1, 0.15) is 54.4 Å². The van der Waals surface area contributed by atoms with E-state index >= 15 is 0 Å². The summed E-state index contributed by atoms with van der Waals surface area (Å²) in [5, 5.41) is 0. The van der Waals surface area contributed by atoms with Gasteiger partial charge in [-0.2, -0.15) is 0 Å². The highest BCUT2D eigenvalue weighted by Gasteiger charge is 2.17. The Balaban J connectivity index is 3.62. The van der Waals surface area contributed by atoms with Gasteiger partial charge in [0.1, 0.15) is 0 Å². The van der Waals surface area contributed by atoms with Crippen molar-refractivity contribution in [1.29, 1.82) is 0 Å². The summed E-state index contributed by atoms with van der Waals surface area (Å²) < 4.78 is 0. The van der Waals surface area contributed by atoms with E-state index in [0.717, 1.165) is 0 Å². The fourth-order valence-electron chi connectivity index (χ4n) is 1.75. The molecule has 0 amide bonds. The van der Waals surface area contributed by atoms with Gasteiger partial charge in [-0.15, -0.1) is 0 Å². The van der Waals surface area contributed by atoms with Crippen molar-refractivity contribution in [3.05, 3.63) is 0 Å². The van der Waals surface area contributed by atoms with E-state index in [1.165, 1.54) is 37.5 Å². The molecule has 18 heavy (non-hydrogen) atoms. The Bertz CT molecular complexity index is 195. The van der Waals surface area contributed by atoms with Gasteiger partial charge in [0.25, 0.3) is 0 Å². The first-order valence-corrected chi connectivity index (χ1v) is 14.3. The number of hydrogen-bond acceptors (Lipinski definition) is 0. The molecule has 0 aromatic heterocycles. The van der Waals surface area contributed by atoms with E-state index in [2.05, 4.69) is 72.5 Å². The van der Waals surface area contributed by atoms with Crippen molar-refractivity contribution in [1.82, 2.24) is 0 Å². The van der Waals surface area contributed by atoms with Gasteiger partial charge in [0.15, 0.2) is 0 Å². The smallest absolute Gasteiger partial charge is 0.0178 e. The lowest BCUT2D eigenvalue weighted by Gasteiger charge is -2.23. The molecule has 0 radical (unpaired) electrons. The molecule has 0 saturated carbocycles. The van der Waals surface area contributed by atoms with E-state index in [4.69, 9.17) is 0 Å². The fourth-order valence-corrected chi connectivity index (χ4v) is 11.3. The third-order valence-corrected chi connectivity index (χ3v) is 10.2. The van der Waals surface area contributed by atoms with Gasteiger partial charge in [-0.25, -0.2) is 0 Å². The van der Waals surface area contributed by atoms with Crippen LogP contribution in [0.5, 0.6) is 0 Å². The molecule has 0 fully saturated rings. The molecule has 0 N–H and O–H groups in total. The molecule has 0 aromatic carbocycles. The number of halogens is 2. The Hall–Kier alpha value is 1.82. The zero-order valence-electron chi connectivity index (χ0n) is 12.9. The van der Waals surface area contributed by atoms with Crippen LogP contribution < -0.4 is 0 Å². The van der Waals surface area contributed by atoms with Crippen LogP contribution in [0.2, 0.25) is 0 Å². The molecule has 0 saturated heterocycles. The van der Waals surface area contributed by atoms with E-state index < -0.39 is 0 Å². The molecule has 0 bridgehead atoms. The van der Waals surface area contributed by atoms with Gasteiger partial charge in [0, 0.05) is 0 Å². The van der Waals surface area contributed by atoms with Gasteiger partial charge in [-0.3, -0.25) is 0 Å². The summed E-state index contributed by atoms with van der Waals surface area (Å²) in [6.45, 7) is 14.2. The minimum Gasteiger partial charge on any atom is -0.0605 e. The second kappa shape index (κ2) is 8.96. The Labute approximate surface area is 133 Å². The first-order chi connectivity index (χ1) is 7.99. The highest BCUT2D eigenvalue weighted by molar-refractivity contribution is 9.39. The first kappa shape index (κ1) is 19.8. The SMILES string of the molecule is CC(C)(C)CP(Br)CCCCP(Br)CC(C)(C)C. The summed E-state index contributed by atoms with van der Waals surface area (Å²) in [6, 6.07) is 0. The van der Waals surface area contributed by atoms with Crippen LogP contribution in [-0.2, 0) is 0 Å². The molecule has 0 aromatic rings. The van der Waals surface area contributed by atoms with Crippen LogP contribution >= 0.6 is 44.2 Å². The number of hydrogen-bond donors (Lipinski definition) is 0. The van der Waals surface area contributed by atoms with Gasteiger partial charge in [-0.1, -0.05) is 72.5 Å². The number of rotatable bonds is 7. The van der Waals surface area contributed by atoms with Crippen molar-refractivity contribution < 1.29 is 0 Å². The maximum atomic E-state index is 3.89. The highest BCUT2D eigenvalue weighted by atomic mass is 79.9. The van der Waals surface area contributed by atoms with E-state index in [1.54, 1.807) is 0 Å². The summed E-state index contributed by atoms with van der Waals surface area (Å²) in [5.74, 6) is 0. The molecule has 2 atom stereocenters. The molecule has 0 aliphatic carbocycles. The highest BCUT2D eigenvalue weighted by Crippen LogP contribution is 2.51. The summed E-state index contributed by atoms with van der Waals surface area (Å²) >= 11 is 7.78. The molecule has 0 aliphatic heterocycles. The van der Waals surface area contributed by atoms with Crippen molar-refractivity contribution >= 4 is 44.2 Å². The fraction of sp³-hybridized carbons (Fsp3) is 1.00. The monoisotopic (exact) mass is 418 g/mol. The van der Waals surface area contributed by atoms with E-state index in [0.29, 0.717) is 10.8 Å². The van der Waals surface area contributed by atoms with Crippen molar-refractivity contribution in [3.8, 4) is 0 Å². The molecule has 110 valence electrons. The zero-order valence-corrected chi connectivity index (χ0v) is 17.9. The Morgan fingerprint density at radius 2 is 0.944 bits per heavy atom. The lowest BCUT2D eigenvalue weighted by Crippen LogP contribution is -2.10. The first-order valence-electron chi connectivity index (χ1n) is 6.81. The topological polar surface area (TPSA) is 0 Å². The van der Waals surface area contributed by atoms with Gasteiger partial charge in [0.2, 0.25) is 0 Å². The van der Waals surface area contributed by atoms with Gasteiger partial charge in [-0.05, 0) is 61.6 Å². The predicted octanol–water partition coefficient (Wildman–Crippen LogP) is 7.44. The van der Waals surface area contributed by atoms with Crippen molar-refractivity contribution in [2.75, 3.05) is 24.6 Å². The summed E-state index contributed by atoms with van der Waals surface area (Å²) in [5.41, 5.74) is 0.951. The van der Waals surface area contributed by atoms with Crippen LogP contribution in [0, 0.1) is 10.8 Å². The van der Waals surface area contributed by atoms with E-state index in [-0.39, 0.29) is 13.2 Å². The second-order valence-corrected chi connectivity index (χ2v) is 16.9. The normalized spacial score (nSPS) is 16.7. The summed E-state index contributed by atoms with van der Waals surface area (Å²) in [4.78, 5) is 0. The molecule has 0 heterocycles. The maximum absolute atomic E-state index is 3.89. The predicted molar refractivity (Wildman–Crippen MR) is 99.3 cm³/mol. The molecule has 0 rings (SSSR count). The molecular weight excluding hydrogens is 390 g/mol.